The number of carbonyl (C=O) groups is 2. The zero-order valence-electron chi connectivity index (χ0n) is 19.4. The van der Waals surface area contributed by atoms with Crippen LogP contribution < -0.4 is 20.9 Å². The topological polar surface area (TPSA) is 89.1 Å². The Balaban J connectivity index is 0.00000512. The van der Waals surface area contributed by atoms with Gasteiger partial charge in [-0.25, -0.2) is 9.38 Å². The van der Waals surface area contributed by atoms with Crippen LogP contribution in [0.3, 0.4) is 0 Å². The van der Waals surface area contributed by atoms with Crippen LogP contribution in [0.25, 0.3) is 0 Å². The van der Waals surface area contributed by atoms with E-state index in [2.05, 4.69) is 25.8 Å². The van der Waals surface area contributed by atoms with Crippen LogP contribution in [0.5, 0.6) is 0 Å². The monoisotopic (exact) mass is 562 g/mol. The summed E-state index contributed by atoms with van der Waals surface area (Å²) in [4.78, 5) is 32.8. The number of carbonyl (C=O) groups excluding carboxylic acids is 2. The first-order chi connectivity index (χ1) is 14.7. The highest BCUT2D eigenvalue weighted by Gasteiger charge is 2.21. The van der Waals surface area contributed by atoms with Gasteiger partial charge >= 0.3 is 0 Å². The van der Waals surface area contributed by atoms with Gasteiger partial charge in [-0.3, -0.25) is 9.59 Å². The highest BCUT2D eigenvalue weighted by Crippen LogP contribution is 2.17. The van der Waals surface area contributed by atoms with Crippen LogP contribution in [-0.2, 0) is 9.59 Å². The number of amides is 2. The number of halogens is 2. The molecule has 1 fully saturated rings. The molecule has 8 nitrogen and oxygen atoms in total. The van der Waals surface area contributed by atoms with E-state index in [-0.39, 0.29) is 53.7 Å². The zero-order valence-corrected chi connectivity index (χ0v) is 21.7. The highest BCUT2D eigenvalue weighted by atomic mass is 127. The maximum Gasteiger partial charge on any atom is 0.242 e. The van der Waals surface area contributed by atoms with E-state index in [0.717, 1.165) is 18.8 Å². The largest absolute Gasteiger partial charge is 0.368 e. The van der Waals surface area contributed by atoms with Gasteiger partial charge in [-0.2, -0.15) is 0 Å². The number of hydrogen-bond acceptors (Lipinski definition) is 4. The highest BCUT2D eigenvalue weighted by molar-refractivity contribution is 14.0. The average Bonchev–Trinajstić information content (AvgIpc) is 2.71. The summed E-state index contributed by atoms with van der Waals surface area (Å²) in [5.74, 6) is 0.188. The van der Waals surface area contributed by atoms with Crippen molar-refractivity contribution in [2.45, 2.75) is 39.7 Å². The molecule has 3 N–H and O–H groups in total. The van der Waals surface area contributed by atoms with Crippen LogP contribution in [0.2, 0.25) is 0 Å². The summed E-state index contributed by atoms with van der Waals surface area (Å²) in [6.07, 6.45) is 0.342. The van der Waals surface area contributed by atoms with Crippen molar-refractivity contribution in [2.24, 2.45) is 4.99 Å². The van der Waals surface area contributed by atoms with Crippen LogP contribution in [0.4, 0.5) is 10.1 Å². The van der Waals surface area contributed by atoms with Crippen molar-refractivity contribution in [1.29, 1.82) is 0 Å². The molecule has 0 bridgehead atoms. The SMILES string of the molecule is CCNC(=NCC(=O)NC(C)(C)C)NCCC(=O)N1CCN(c2ccc(F)cc2)CC1.I. The van der Waals surface area contributed by atoms with Gasteiger partial charge in [0.15, 0.2) is 5.96 Å². The van der Waals surface area contributed by atoms with E-state index < -0.39 is 0 Å². The number of rotatable bonds is 7. The summed E-state index contributed by atoms with van der Waals surface area (Å²) in [6, 6.07) is 6.43. The second kappa shape index (κ2) is 13.4. The standard InChI is InChI=1S/C22H35FN6O2.HI/c1-5-24-21(26-16-19(30)27-22(2,3)4)25-11-10-20(31)29-14-12-28(13-15-29)18-8-6-17(23)7-9-18;/h6-9H,5,10-16H2,1-4H3,(H,27,30)(H2,24,25,26);1H. The molecule has 2 rings (SSSR count). The van der Waals surface area contributed by atoms with Gasteiger partial charge < -0.3 is 25.8 Å². The predicted molar refractivity (Wildman–Crippen MR) is 137 cm³/mol. The molecule has 0 spiro atoms. The Morgan fingerprint density at radius 2 is 1.69 bits per heavy atom. The zero-order chi connectivity index (χ0) is 22.9. The van der Waals surface area contributed by atoms with Crippen molar-refractivity contribution in [3.05, 3.63) is 30.1 Å². The van der Waals surface area contributed by atoms with E-state index in [4.69, 9.17) is 0 Å². The minimum atomic E-state index is -0.300. The molecule has 1 aromatic rings. The first-order valence-corrected chi connectivity index (χ1v) is 10.8. The third kappa shape index (κ3) is 10.0. The van der Waals surface area contributed by atoms with E-state index in [1.54, 1.807) is 12.1 Å². The molecule has 0 saturated carbocycles. The third-order valence-corrected chi connectivity index (χ3v) is 4.69. The van der Waals surface area contributed by atoms with Crippen LogP contribution >= 0.6 is 24.0 Å². The van der Waals surface area contributed by atoms with Crippen molar-refractivity contribution in [3.8, 4) is 0 Å². The maximum absolute atomic E-state index is 13.1. The van der Waals surface area contributed by atoms with Crippen molar-refractivity contribution in [1.82, 2.24) is 20.9 Å². The molecule has 1 aliphatic rings. The molecule has 1 aromatic carbocycles. The maximum atomic E-state index is 13.1. The molecule has 1 saturated heterocycles. The van der Waals surface area contributed by atoms with Crippen LogP contribution in [0.15, 0.2) is 29.3 Å². The fraction of sp³-hybridized carbons (Fsp3) is 0.591. The van der Waals surface area contributed by atoms with Crippen LogP contribution in [0.1, 0.15) is 34.1 Å². The smallest absolute Gasteiger partial charge is 0.242 e. The van der Waals surface area contributed by atoms with E-state index in [1.165, 1.54) is 12.1 Å². The van der Waals surface area contributed by atoms with Crippen molar-refractivity contribution < 1.29 is 14.0 Å². The number of nitrogens with zero attached hydrogens (tertiary/aromatic N) is 3. The molecule has 0 radical (unpaired) electrons. The summed E-state index contributed by atoms with van der Waals surface area (Å²) >= 11 is 0. The Morgan fingerprint density at radius 3 is 2.25 bits per heavy atom. The predicted octanol–water partition coefficient (Wildman–Crippen LogP) is 1.95. The minimum Gasteiger partial charge on any atom is -0.368 e. The lowest BCUT2D eigenvalue weighted by Crippen LogP contribution is -2.49. The molecule has 1 heterocycles. The van der Waals surface area contributed by atoms with E-state index >= 15 is 0 Å². The number of anilines is 1. The number of aliphatic imine (C=N–C) groups is 1. The summed E-state index contributed by atoms with van der Waals surface area (Å²) in [5.41, 5.74) is 0.670. The molecule has 2 amide bonds. The Kier molecular flexibility index (Phi) is 11.7. The Morgan fingerprint density at radius 1 is 1.06 bits per heavy atom. The van der Waals surface area contributed by atoms with Crippen molar-refractivity contribution in [2.75, 3.05) is 50.7 Å². The molecule has 0 atom stereocenters. The molecular formula is C22H36FIN6O2. The molecule has 0 aliphatic carbocycles. The molecule has 0 unspecified atom stereocenters. The first kappa shape index (κ1) is 27.9. The van der Waals surface area contributed by atoms with Gasteiger partial charge in [0, 0.05) is 56.9 Å². The number of piperazine rings is 1. The lowest BCUT2D eigenvalue weighted by Gasteiger charge is -2.36. The summed E-state index contributed by atoms with van der Waals surface area (Å²) in [5, 5.41) is 9.06. The summed E-state index contributed by atoms with van der Waals surface area (Å²) < 4.78 is 13.1. The number of nitrogens with one attached hydrogen (secondary N) is 3. The normalized spacial score (nSPS) is 14.5. The van der Waals surface area contributed by atoms with E-state index in [1.807, 2.05) is 32.6 Å². The molecule has 1 aliphatic heterocycles. The molecular weight excluding hydrogens is 526 g/mol. The van der Waals surface area contributed by atoms with Gasteiger partial charge in [0.2, 0.25) is 11.8 Å². The Bertz CT molecular complexity index is 759. The van der Waals surface area contributed by atoms with Crippen LogP contribution in [-0.4, -0.2) is 74.0 Å². The van der Waals surface area contributed by atoms with Crippen molar-refractivity contribution in [3.63, 3.8) is 0 Å². The lowest BCUT2D eigenvalue weighted by atomic mass is 10.1. The molecule has 32 heavy (non-hydrogen) atoms. The number of guanidine groups is 1. The van der Waals surface area contributed by atoms with E-state index in [9.17, 15) is 14.0 Å². The second-order valence-corrected chi connectivity index (χ2v) is 8.51. The number of benzene rings is 1. The van der Waals surface area contributed by atoms with Crippen molar-refractivity contribution >= 4 is 47.4 Å². The van der Waals surface area contributed by atoms with Gasteiger partial charge in [-0.05, 0) is 52.0 Å². The number of hydrogen-bond donors (Lipinski definition) is 3. The molecule has 180 valence electrons. The third-order valence-electron chi connectivity index (χ3n) is 4.69. The molecule has 0 aromatic heterocycles. The van der Waals surface area contributed by atoms with Gasteiger partial charge in [0.05, 0.1) is 0 Å². The van der Waals surface area contributed by atoms with Gasteiger partial charge in [0.1, 0.15) is 12.4 Å². The fourth-order valence-electron chi connectivity index (χ4n) is 3.26. The average molecular weight is 562 g/mol. The van der Waals surface area contributed by atoms with E-state index in [0.29, 0.717) is 38.6 Å². The van der Waals surface area contributed by atoms with Gasteiger partial charge in [0.25, 0.3) is 0 Å². The fourth-order valence-corrected chi connectivity index (χ4v) is 3.26. The first-order valence-electron chi connectivity index (χ1n) is 10.8. The quantitative estimate of drug-likeness (QED) is 0.269. The Labute approximate surface area is 207 Å². The summed E-state index contributed by atoms with van der Waals surface area (Å²) in [7, 11) is 0. The van der Waals surface area contributed by atoms with Gasteiger partial charge in [-0.1, -0.05) is 0 Å². The lowest BCUT2D eigenvalue weighted by molar-refractivity contribution is -0.131. The Hall–Kier alpha value is -2.11. The second-order valence-electron chi connectivity index (χ2n) is 8.51. The van der Waals surface area contributed by atoms with Crippen LogP contribution in [0, 0.1) is 5.82 Å². The molecule has 10 heteroatoms. The summed E-state index contributed by atoms with van der Waals surface area (Å²) in [6.45, 7) is 11.5. The minimum absolute atomic E-state index is 0. The van der Waals surface area contributed by atoms with Gasteiger partial charge in [-0.15, -0.1) is 24.0 Å².